The third-order valence-electron chi connectivity index (χ3n) is 12.5. The maximum absolute atomic E-state index is 7.71. The average Bonchev–Trinajstić information content (AvgIpc) is 3.55. The molecule has 1 atom stereocenters. The number of hydrogen-bond acceptors (Lipinski definition) is 2. The molecular formula is C48H43NO. The monoisotopic (exact) mass is 649 g/mol. The molecule has 2 aliphatic carbocycles. The molecule has 0 amide bonds. The van der Waals surface area contributed by atoms with Gasteiger partial charge in [0.05, 0.1) is 0 Å². The number of piperidine rings is 1. The molecule has 1 unspecified atom stereocenters. The van der Waals surface area contributed by atoms with E-state index in [-0.39, 0.29) is 10.8 Å². The fourth-order valence-electron chi connectivity index (χ4n) is 9.89. The number of nitrogens with zero attached hydrogens (tertiary/aromatic N) is 1. The molecule has 0 radical (unpaired) electrons. The van der Waals surface area contributed by atoms with Crippen LogP contribution in [0.25, 0.3) is 39.1 Å². The molecule has 2 nitrogen and oxygen atoms in total. The Labute approximate surface area is 296 Å². The minimum atomic E-state index is -0.806. The Bertz CT molecular complexity index is 2390. The predicted molar refractivity (Wildman–Crippen MR) is 208 cm³/mol. The van der Waals surface area contributed by atoms with Gasteiger partial charge in [0.15, 0.2) is 5.60 Å². The molecule has 4 aliphatic rings. The second-order valence-corrected chi connectivity index (χ2v) is 15.9. The van der Waals surface area contributed by atoms with E-state index in [0.29, 0.717) is 0 Å². The van der Waals surface area contributed by atoms with E-state index in [4.69, 9.17) is 4.74 Å². The quantitative estimate of drug-likeness (QED) is 0.189. The highest BCUT2D eigenvalue weighted by Gasteiger charge is 2.45. The number of rotatable bonds is 3. The molecule has 6 aromatic carbocycles. The van der Waals surface area contributed by atoms with Gasteiger partial charge in [-0.1, -0.05) is 131 Å². The van der Waals surface area contributed by atoms with Crippen molar-refractivity contribution in [2.75, 3.05) is 18.0 Å². The van der Waals surface area contributed by atoms with E-state index in [1.807, 2.05) is 0 Å². The summed E-state index contributed by atoms with van der Waals surface area (Å²) in [5.41, 5.74) is 14.6. The number of benzene rings is 6. The van der Waals surface area contributed by atoms with Crippen molar-refractivity contribution in [3.63, 3.8) is 0 Å². The molecular weight excluding hydrogens is 607 g/mol. The minimum Gasteiger partial charge on any atom is -0.472 e. The van der Waals surface area contributed by atoms with E-state index >= 15 is 0 Å². The molecule has 2 heteroatoms. The largest absolute Gasteiger partial charge is 0.472 e. The molecule has 10 rings (SSSR count). The maximum Gasteiger partial charge on any atom is 0.178 e. The first-order valence-corrected chi connectivity index (χ1v) is 18.5. The van der Waals surface area contributed by atoms with Crippen molar-refractivity contribution in [2.24, 2.45) is 0 Å². The molecule has 246 valence electrons. The van der Waals surface area contributed by atoms with Crippen molar-refractivity contribution in [1.29, 1.82) is 0 Å². The normalized spacial score (nSPS) is 20.4. The third-order valence-corrected chi connectivity index (χ3v) is 12.5. The summed E-state index contributed by atoms with van der Waals surface area (Å²) in [7, 11) is 0. The van der Waals surface area contributed by atoms with Gasteiger partial charge in [-0.3, -0.25) is 0 Å². The zero-order chi connectivity index (χ0) is 33.8. The second-order valence-electron chi connectivity index (χ2n) is 15.9. The Morgan fingerprint density at radius 3 is 1.94 bits per heavy atom. The van der Waals surface area contributed by atoms with Crippen LogP contribution in [0, 0.1) is 0 Å². The molecule has 0 saturated carbocycles. The topological polar surface area (TPSA) is 12.5 Å². The van der Waals surface area contributed by atoms with Crippen LogP contribution in [0.3, 0.4) is 0 Å². The molecule has 0 N–H and O–H groups in total. The zero-order valence-corrected chi connectivity index (χ0v) is 29.5. The molecule has 1 fully saturated rings. The van der Waals surface area contributed by atoms with Gasteiger partial charge in [-0.15, -0.1) is 0 Å². The summed E-state index contributed by atoms with van der Waals surface area (Å²) < 4.78 is 7.71. The lowest BCUT2D eigenvalue weighted by atomic mass is 9.76. The molecule has 0 bridgehead atoms. The van der Waals surface area contributed by atoms with E-state index in [1.54, 1.807) is 0 Å². The third kappa shape index (κ3) is 3.97. The van der Waals surface area contributed by atoms with E-state index in [1.165, 1.54) is 85.8 Å². The van der Waals surface area contributed by atoms with Crippen molar-refractivity contribution in [3.8, 4) is 28.0 Å². The zero-order valence-electron chi connectivity index (χ0n) is 29.5. The van der Waals surface area contributed by atoms with Crippen LogP contribution in [0.2, 0.25) is 0 Å². The van der Waals surface area contributed by atoms with Crippen molar-refractivity contribution < 1.29 is 4.74 Å². The van der Waals surface area contributed by atoms with Gasteiger partial charge in [0.25, 0.3) is 0 Å². The summed E-state index contributed by atoms with van der Waals surface area (Å²) in [6, 6.07) is 43.1. The Balaban J connectivity index is 1.21. The summed E-state index contributed by atoms with van der Waals surface area (Å²) in [4.78, 5) is 2.54. The summed E-state index contributed by atoms with van der Waals surface area (Å²) in [5, 5.41) is 2.43. The lowest BCUT2D eigenvalue weighted by Gasteiger charge is -2.39. The number of hydrogen-bond donors (Lipinski definition) is 0. The summed E-state index contributed by atoms with van der Waals surface area (Å²) in [5.74, 6) is 0.978. The molecule has 0 spiro atoms. The lowest BCUT2D eigenvalue weighted by molar-refractivity contribution is 0.163. The summed E-state index contributed by atoms with van der Waals surface area (Å²) in [6.07, 6.45) is 8.60. The van der Waals surface area contributed by atoms with Crippen LogP contribution in [-0.2, 0) is 16.4 Å². The van der Waals surface area contributed by atoms with Crippen molar-refractivity contribution in [1.82, 2.24) is 0 Å². The van der Waals surface area contributed by atoms with E-state index in [9.17, 15) is 0 Å². The van der Waals surface area contributed by atoms with E-state index < -0.39 is 5.60 Å². The smallest absolute Gasteiger partial charge is 0.178 e. The lowest BCUT2D eigenvalue weighted by Crippen LogP contribution is -2.35. The fourth-order valence-corrected chi connectivity index (χ4v) is 9.89. The number of anilines is 1. The van der Waals surface area contributed by atoms with E-state index in [2.05, 4.69) is 160 Å². The van der Waals surface area contributed by atoms with Gasteiger partial charge >= 0.3 is 0 Å². The van der Waals surface area contributed by atoms with Crippen LogP contribution in [0.4, 0.5) is 5.69 Å². The van der Waals surface area contributed by atoms with Crippen molar-refractivity contribution in [2.45, 2.75) is 63.4 Å². The molecule has 2 aliphatic heterocycles. The maximum atomic E-state index is 7.71. The Morgan fingerprint density at radius 1 is 0.560 bits per heavy atom. The van der Waals surface area contributed by atoms with Crippen LogP contribution in [0.1, 0.15) is 85.9 Å². The van der Waals surface area contributed by atoms with Gasteiger partial charge in [0, 0.05) is 51.7 Å². The van der Waals surface area contributed by atoms with Crippen LogP contribution in [-0.4, -0.2) is 13.1 Å². The highest BCUT2D eigenvalue weighted by atomic mass is 16.5. The SMILES string of the molecule is CC1(C)c2ccccc2-c2ccc(C3(c4ccc(N5CCCCC5)cc4)C=Cc4c5c(c6ccccc6c4O3)-c3ccccc3C5(C)C)cc21. The van der Waals surface area contributed by atoms with Gasteiger partial charge in [-0.25, -0.2) is 0 Å². The predicted octanol–water partition coefficient (Wildman–Crippen LogP) is 11.8. The van der Waals surface area contributed by atoms with Crippen LogP contribution in [0.5, 0.6) is 5.75 Å². The van der Waals surface area contributed by atoms with Crippen LogP contribution < -0.4 is 9.64 Å². The Hall–Kier alpha value is -5.08. The Kier molecular flexibility index (Phi) is 6.24. The molecule has 50 heavy (non-hydrogen) atoms. The number of ether oxygens (including phenoxy) is 1. The standard InChI is InChI=1S/C48H43NO/c1-46(2)40-18-10-8-14-34(40)35-25-22-32(30-42(35)46)48(31-20-23-33(24-21-31)49-28-12-5-13-29-49)27-26-39-44-43(36-15-6-7-16-37(36)45(39)50-48)38-17-9-11-19-41(38)47(44,3)4/h6-11,14-27,30H,5,12-13,28-29H2,1-4H3. The van der Waals surface area contributed by atoms with Gasteiger partial charge in [-0.05, 0) is 93.4 Å². The van der Waals surface area contributed by atoms with Crippen LogP contribution >= 0.6 is 0 Å². The Morgan fingerprint density at radius 2 is 1.18 bits per heavy atom. The molecule has 1 saturated heterocycles. The first kappa shape index (κ1) is 29.8. The van der Waals surface area contributed by atoms with E-state index in [0.717, 1.165) is 30.0 Å². The van der Waals surface area contributed by atoms with Gasteiger partial charge in [0.1, 0.15) is 5.75 Å². The molecule has 0 aromatic heterocycles. The molecule has 2 heterocycles. The highest BCUT2D eigenvalue weighted by molar-refractivity contribution is 6.08. The van der Waals surface area contributed by atoms with Crippen LogP contribution in [0.15, 0.2) is 121 Å². The van der Waals surface area contributed by atoms with Gasteiger partial charge in [-0.2, -0.15) is 0 Å². The highest BCUT2D eigenvalue weighted by Crippen LogP contribution is 2.58. The first-order valence-electron chi connectivity index (χ1n) is 18.5. The average molecular weight is 650 g/mol. The van der Waals surface area contributed by atoms with Crippen molar-refractivity contribution >= 4 is 22.5 Å². The fraction of sp³-hybridized carbons (Fsp3) is 0.250. The van der Waals surface area contributed by atoms with Crippen molar-refractivity contribution in [3.05, 3.63) is 160 Å². The second kappa shape index (κ2) is 10.5. The molecule has 6 aromatic rings. The summed E-state index contributed by atoms with van der Waals surface area (Å²) in [6.45, 7) is 11.7. The minimum absolute atomic E-state index is 0.110. The first-order chi connectivity index (χ1) is 24.3. The van der Waals surface area contributed by atoms with Gasteiger partial charge < -0.3 is 9.64 Å². The summed E-state index contributed by atoms with van der Waals surface area (Å²) >= 11 is 0. The number of fused-ring (bicyclic) bond motifs is 11. The van der Waals surface area contributed by atoms with Gasteiger partial charge in [0.2, 0.25) is 0 Å².